The summed E-state index contributed by atoms with van der Waals surface area (Å²) >= 11 is 0. The fraction of sp³-hybridized carbons (Fsp3) is 0.733. The molecule has 0 nitrogen and oxygen atoms in total. The third-order valence-electron chi connectivity index (χ3n) is 8.93. The molecule has 2 fully saturated rings. The zero-order chi connectivity index (χ0) is 20.8. The summed E-state index contributed by atoms with van der Waals surface area (Å²) in [6.07, 6.45) is 26.2. The molecule has 4 rings (SSSR count). The highest BCUT2D eigenvalue weighted by Gasteiger charge is 2.38. The smallest absolute Gasteiger partial charge is 0.0231 e. The third kappa shape index (κ3) is 5.60. The van der Waals surface area contributed by atoms with Crippen molar-refractivity contribution in [2.24, 2.45) is 29.6 Å². The van der Waals surface area contributed by atoms with Crippen molar-refractivity contribution in [1.29, 1.82) is 0 Å². The lowest BCUT2D eigenvalue weighted by Gasteiger charge is -2.44. The van der Waals surface area contributed by atoms with Gasteiger partial charge in [0, 0.05) is 0 Å². The van der Waals surface area contributed by atoms with Gasteiger partial charge in [-0.05, 0) is 124 Å². The maximum Gasteiger partial charge on any atom is -0.0231 e. The first kappa shape index (κ1) is 22.2. The fourth-order valence-corrected chi connectivity index (χ4v) is 7.16. The topological polar surface area (TPSA) is 0 Å². The second kappa shape index (κ2) is 11.0. The molecule has 3 aliphatic carbocycles. The maximum atomic E-state index is 2.57. The first-order valence-electron chi connectivity index (χ1n) is 13.5. The second-order valence-electron chi connectivity index (χ2n) is 11.0. The molecule has 166 valence electrons. The Bertz CT molecular complexity index is 683. The van der Waals surface area contributed by atoms with Crippen molar-refractivity contribution in [2.45, 2.75) is 110 Å². The molecule has 0 heterocycles. The SMILES string of the molecule is CC=C[C@@H]1CC[C@@H]2CC(C3CCc4cc(CCCCCCC)ccc4C3)CC[C@@H]2C1. The van der Waals surface area contributed by atoms with Gasteiger partial charge in [-0.3, -0.25) is 0 Å². The van der Waals surface area contributed by atoms with Gasteiger partial charge in [-0.25, -0.2) is 0 Å². The highest BCUT2D eigenvalue weighted by atomic mass is 14.4. The molecule has 1 aromatic carbocycles. The van der Waals surface area contributed by atoms with Gasteiger partial charge in [0.2, 0.25) is 0 Å². The first-order chi connectivity index (χ1) is 14.8. The van der Waals surface area contributed by atoms with Crippen molar-refractivity contribution in [3.8, 4) is 0 Å². The van der Waals surface area contributed by atoms with Crippen LogP contribution in [0.4, 0.5) is 0 Å². The minimum atomic E-state index is 0.884. The molecule has 0 radical (unpaired) electrons. The summed E-state index contributed by atoms with van der Waals surface area (Å²) in [6, 6.07) is 7.54. The number of hydrogen-bond acceptors (Lipinski definition) is 0. The predicted octanol–water partition coefficient (Wildman–Crippen LogP) is 8.71. The van der Waals surface area contributed by atoms with Crippen molar-refractivity contribution in [2.75, 3.05) is 0 Å². The number of allylic oxidation sites excluding steroid dienone is 2. The van der Waals surface area contributed by atoms with E-state index < -0.39 is 0 Å². The highest BCUT2D eigenvalue weighted by Crippen LogP contribution is 2.48. The van der Waals surface area contributed by atoms with Gasteiger partial charge in [0.15, 0.2) is 0 Å². The van der Waals surface area contributed by atoms with Crippen molar-refractivity contribution >= 4 is 0 Å². The highest BCUT2D eigenvalue weighted by molar-refractivity contribution is 5.34. The van der Waals surface area contributed by atoms with Crippen molar-refractivity contribution < 1.29 is 0 Å². The molecular formula is C30H46. The molecule has 0 bridgehead atoms. The van der Waals surface area contributed by atoms with Crippen LogP contribution in [0.25, 0.3) is 0 Å². The molecule has 0 saturated heterocycles. The van der Waals surface area contributed by atoms with Crippen LogP contribution in [0, 0.1) is 29.6 Å². The Kier molecular flexibility index (Phi) is 8.14. The zero-order valence-corrected chi connectivity index (χ0v) is 19.9. The Labute approximate surface area is 186 Å². The Morgan fingerprint density at radius 1 is 0.800 bits per heavy atom. The largest absolute Gasteiger partial charge is 0.0914 e. The number of aryl methyl sites for hydroxylation is 2. The van der Waals surface area contributed by atoms with E-state index >= 15 is 0 Å². The van der Waals surface area contributed by atoms with Crippen LogP contribution in [0.15, 0.2) is 30.4 Å². The van der Waals surface area contributed by atoms with Crippen molar-refractivity contribution in [1.82, 2.24) is 0 Å². The van der Waals surface area contributed by atoms with Crippen LogP contribution in [0.2, 0.25) is 0 Å². The molecule has 3 aliphatic rings. The van der Waals surface area contributed by atoms with E-state index in [9.17, 15) is 0 Å². The number of rotatable bonds is 8. The molecule has 0 amide bonds. The van der Waals surface area contributed by atoms with E-state index in [0.29, 0.717) is 0 Å². The van der Waals surface area contributed by atoms with E-state index in [1.54, 1.807) is 23.1 Å². The lowest BCUT2D eigenvalue weighted by molar-refractivity contribution is 0.0810. The first-order valence-corrected chi connectivity index (χ1v) is 13.5. The lowest BCUT2D eigenvalue weighted by Crippen LogP contribution is -2.34. The molecule has 0 aromatic heterocycles. The number of benzene rings is 1. The van der Waals surface area contributed by atoms with E-state index in [1.165, 1.54) is 89.9 Å². The van der Waals surface area contributed by atoms with Crippen LogP contribution < -0.4 is 0 Å². The molecule has 0 N–H and O–H groups in total. The van der Waals surface area contributed by atoms with Gasteiger partial charge in [-0.2, -0.15) is 0 Å². The molecule has 2 saturated carbocycles. The summed E-state index contributed by atoms with van der Waals surface area (Å²) in [5.74, 6) is 4.94. The van der Waals surface area contributed by atoms with Gasteiger partial charge in [-0.15, -0.1) is 0 Å². The summed E-state index contributed by atoms with van der Waals surface area (Å²) in [7, 11) is 0. The van der Waals surface area contributed by atoms with E-state index in [0.717, 1.165) is 29.6 Å². The summed E-state index contributed by atoms with van der Waals surface area (Å²) in [5.41, 5.74) is 4.99. The van der Waals surface area contributed by atoms with E-state index in [1.807, 2.05) is 0 Å². The van der Waals surface area contributed by atoms with Crippen LogP contribution in [0.1, 0.15) is 108 Å². The normalized spacial score (nSPS) is 31.5. The molecule has 1 aromatic rings. The molecule has 2 unspecified atom stereocenters. The van der Waals surface area contributed by atoms with Crippen molar-refractivity contribution in [3.63, 3.8) is 0 Å². The van der Waals surface area contributed by atoms with Crippen LogP contribution in [-0.2, 0) is 19.3 Å². The Balaban J connectivity index is 1.27. The van der Waals surface area contributed by atoms with Gasteiger partial charge in [0.05, 0.1) is 0 Å². The van der Waals surface area contributed by atoms with Crippen LogP contribution >= 0.6 is 0 Å². The molecule has 0 aliphatic heterocycles. The minimum absolute atomic E-state index is 0.884. The van der Waals surface area contributed by atoms with E-state index in [2.05, 4.69) is 44.2 Å². The summed E-state index contributed by atoms with van der Waals surface area (Å²) in [6.45, 7) is 4.50. The molecule has 0 spiro atoms. The fourth-order valence-electron chi connectivity index (χ4n) is 7.16. The van der Waals surface area contributed by atoms with E-state index in [4.69, 9.17) is 0 Å². The molecule has 0 heteroatoms. The Morgan fingerprint density at radius 3 is 2.40 bits per heavy atom. The molecule has 30 heavy (non-hydrogen) atoms. The van der Waals surface area contributed by atoms with E-state index in [-0.39, 0.29) is 0 Å². The zero-order valence-electron chi connectivity index (χ0n) is 19.9. The average molecular weight is 407 g/mol. The van der Waals surface area contributed by atoms with Crippen LogP contribution in [0.5, 0.6) is 0 Å². The number of unbranched alkanes of at least 4 members (excludes halogenated alkanes) is 4. The second-order valence-corrected chi connectivity index (χ2v) is 11.0. The summed E-state index contributed by atoms with van der Waals surface area (Å²) in [4.78, 5) is 0. The third-order valence-corrected chi connectivity index (χ3v) is 8.93. The lowest BCUT2D eigenvalue weighted by atomic mass is 9.61. The van der Waals surface area contributed by atoms with Gasteiger partial charge < -0.3 is 0 Å². The standard InChI is InChI=1S/C30H46/c1-3-5-6-7-8-10-24-12-14-28-22-30(18-16-26(28)20-24)29-17-15-25-19-23(9-4-2)11-13-27(25)21-29/h4,9,12,14,20,23,25,27,29-30H,3,5-8,10-11,13,15-19,21-22H2,1-2H3/t23-,25-,27-,29?,30?/m1/s1. The van der Waals surface area contributed by atoms with Gasteiger partial charge in [0.25, 0.3) is 0 Å². The Hall–Kier alpha value is -1.04. The van der Waals surface area contributed by atoms with Crippen LogP contribution in [0.3, 0.4) is 0 Å². The number of hydrogen-bond donors (Lipinski definition) is 0. The van der Waals surface area contributed by atoms with Gasteiger partial charge >= 0.3 is 0 Å². The quantitative estimate of drug-likeness (QED) is 0.299. The van der Waals surface area contributed by atoms with Crippen molar-refractivity contribution in [3.05, 3.63) is 47.0 Å². The summed E-state index contributed by atoms with van der Waals surface area (Å²) < 4.78 is 0. The van der Waals surface area contributed by atoms with Gasteiger partial charge in [0.1, 0.15) is 0 Å². The Morgan fingerprint density at radius 2 is 1.57 bits per heavy atom. The average Bonchev–Trinajstić information content (AvgIpc) is 2.78. The monoisotopic (exact) mass is 406 g/mol. The molecular weight excluding hydrogens is 360 g/mol. The van der Waals surface area contributed by atoms with Crippen LogP contribution in [-0.4, -0.2) is 0 Å². The predicted molar refractivity (Wildman–Crippen MR) is 131 cm³/mol. The van der Waals surface area contributed by atoms with Gasteiger partial charge in [-0.1, -0.05) is 63.0 Å². The molecule has 5 atom stereocenters. The maximum absolute atomic E-state index is 2.57. The number of fused-ring (bicyclic) bond motifs is 2. The minimum Gasteiger partial charge on any atom is -0.0914 e. The summed E-state index contributed by atoms with van der Waals surface area (Å²) in [5, 5.41) is 0.